The van der Waals surface area contributed by atoms with Crippen molar-refractivity contribution < 1.29 is 23.0 Å². The van der Waals surface area contributed by atoms with Crippen LogP contribution in [0.2, 0.25) is 10.0 Å². The number of phenolic OH excluding ortho intramolecular Hbond substituents is 1. The Labute approximate surface area is 513 Å². The van der Waals surface area contributed by atoms with Crippen LogP contribution in [0.3, 0.4) is 0 Å². The first-order valence-electron chi connectivity index (χ1n) is 28.2. The summed E-state index contributed by atoms with van der Waals surface area (Å²) in [5, 5.41) is 19.3. The van der Waals surface area contributed by atoms with E-state index in [4.69, 9.17) is 52.8 Å². The van der Waals surface area contributed by atoms with Gasteiger partial charge >= 0.3 is 0 Å². The first-order valence-corrected chi connectivity index (χ1v) is 30.5. The molecule has 3 N–H and O–H groups in total. The lowest BCUT2D eigenvalue weighted by Gasteiger charge is -2.23. The number of hydrogen-bond acceptors (Lipinski definition) is 9. The number of hydrogen-bond donors (Lipinski definition) is 2. The average Bonchev–Trinajstić information content (AvgIpc) is 1.07. The van der Waals surface area contributed by atoms with Gasteiger partial charge in [-0.1, -0.05) is 139 Å². The first-order chi connectivity index (χ1) is 41.3. The molecule has 0 spiro atoms. The molecule has 430 valence electrons. The van der Waals surface area contributed by atoms with E-state index in [1.807, 2.05) is 150 Å². The fourth-order valence-electron chi connectivity index (χ4n) is 11.9. The fourth-order valence-corrected chi connectivity index (χ4v) is 13.1. The summed E-state index contributed by atoms with van der Waals surface area (Å²) >= 11 is 14.5. The van der Waals surface area contributed by atoms with Gasteiger partial charge in [0.05, 0.1) is 36.3 Å². The molecule has 0 bridgehead atoms. The second-order valence-electron chi connectivity index (χ2n) is 21.6. The van der Waals surface area contributed by atoms with Crippen molar-refractivity contribution in [3.63, 3.8) is 0 Å². The maximum absolute atomic E-state index is 13.4. The van der Waals surface area contributed by atoms with Crippen LogP contribution in [0, 0.1) is 48.5 Å². The number of phenols is 1. The Bertz CT molecular complexity index is 4640. The van der Waals surface area contributed by atoms with E-state index >= 15 is 0 Å². The Morgan fingerprint density at radius 1 is 0.488 bits per heavy atom. The van der Waals surface area contributed by atoms with E-state index in [1.54, 1.807) is 20.3 Å². The highest BCUT2D eigenvalue weighted by atomic mass is 35.5. The molecule has 0 fully saturated rings. The molecule has 4 aromatic heterocycles. The molecule has 0 unspecified atom stereocenters. The van der Waals surface area contributed by atoms with E-state index in [0.717, 1.165) is 123 Å². The fraction of sp³-hybridized carbons (Fsp3) is 0.151. The van der Waals surface area contributed by atoms with Crippen LogP contribution in [-0.4, -0.2) is 47.7 Å². The van der Waals surface area contributed by atoms with Crippen LogP contribution in [-0.2, 0) is 16.4 Å². The van der Waals surface area contributed by atoms with E-state index in [9.17, 15) is 13.5 Å². The van der Waals surface area contributed by atoms with Crippen molar-refractivity contribution in [1.82, 2.24) is 19.9 Å². The molecule has 0 radical (unpaired) electrons. The third-order valence-electron chi connectivity index (χ3n) is 16.3. The topological polar surface area (TPSA) is 150 Å². The van der Waals surface area contributed by atoms with E-state index in [-0.39, 0.29) is 5.56 Å². The SMILES string of the molecule is CCc1c(-c2ccc(C)nc2-c2ccc(-c3ccc(C)nc3-c3ccc(-c4ccc(C)nc4)c(OC)c3C)c(C)c2C)cccc1-c1c(-c2cccc(-c3c(-c4cccc(OC)c4)cc(-c4ccccc4Cl)nc3C)c2Cl)ccc(S(N)(=O)=O)c1O. The summed E-state index contributed by atoms with van der Waals surface area (Å²) in [6.07, 6.45) is 2.35. The van der Waals surface area contributed by atoms with Gasteiger partial charge in [0.2, 0.25) is 10.0 Å². The molecule has 0 aliphatic carbocycles. The number of halogens is 2. The summed E-state index contributed by atoms with van der Waals surface area (Å²) in [6.45, 7) is 16.3. The summed E-state index contributed by atoms with van der Waals surface area (Å²) < 4.78 is 38.6. The highest BCUT2D eigenvalue weighted by molar-refractivity contribution is 7.89. The molecule has 86 heavy (non-hydrogen) atoms. The number of aromatic hydroxyl groups is 1. The number of aromatic nitrogens is 4. The normalized spacial score (nSPS) is 11.5. The predicted molar refractivity (Wildman–Crippen MR) is 351 cm³/mol. The number of primary sulfonamides is 1. The van der Waals surface area contributed by atoms with E-state index in [0.29, 0.717) is 55.9 Å². The molecule has 11 rings (SSSR count). The molecule has 0 saturated heterocycles. The monoisotopic (exact) mass is 1190 g/mol. The number of nitrogens with two attached hydrogens (primary N) is 1. The number of benzene rings is 7. The van der Waals surface area contributed by atoms with Gasteiger partial charge in [0.15, 0.2) is 0 Å². The number of aryl methyl sites for hydroxylation is 4. The van der Waals surface area contributed by atoms with Crippen LogP contribution in [0.5, 0.6) is 17.2 Å². The van der Waals surface area contributed by atoms with E-state index < -0.39 is 20.7 Å². The van der Waals surface area contributed by atoms with Crippen LogP contribution in [0.25, 0.3) is 112 Å². The molecule has 0 atom stereocenters. The zero-order valence-electron chi connectivity index (χ0n) is 49.5. The van der Waals surface area contributed by atoms with Crippen molar-refractivity contribution in [1.29, 1.82) is 0 Å². The van der Waals surface area contributed by atoms with Gasteiger partial charge in [-0.3, -0.25) is 19.9 Å². The standard InChI is InChI=1S/C73H63Cl2N5O5S/c1-11-50-55(60-30-27-42(4)78-70(60)52-32-31-51(43(5)44(52)6)59-29-26-41(3)79-71(59)53-33-34-54(73(85-10)45(53)7)48-28-25-40(2)77-39-48)20-15-21-56(50)68-57(35-36-66(72(68)81)86(76,82)83)58-22-16-23-62(69(58)75)67-46(8)80-65(61-19-12-13-24-64(61)74)38-63(67)47-17-14-18-49(37-47)84-9/h12-39,81H,11H2,1-10H3,(H2,76,82,83). The highest BCUT2D eigenvalue weighted by Gasteiger charge is 2.29. The third kappa shape index (κ3) is 10.8. The van der Waals surface area contributed by atoms with Gasteiger partial charge in [-0.05, 0) is 160 Å². The van der Waals surface area contributed by atoms with E-state index in [1.165, 1.54) is 6.07 Å². The van der Waals surface area contributed by atoms with Gasteiger partial charge in [0, 0.05) is 101 Å². The Morgan fingerprint density at radius 3 is 1.71 bits per heavy atom. The largest absolute Gasteiger partial charge is 0.506 e. The Morgan fingerprint density at radius 2 is 1.06 bits per heavy atom. The second-order valence-corrected chi connectivity index (χ2v) is 23.9. The van der Waals surface area contributed by atoms with Crippen LogP contribution >= 0.6 is 23.2 Å². The number of ether oxygens (including phenoxy) is 2. The highest BCUT2D eigenvalue weighted by Crippen LogP contribution is 2.51. The summed E-state index contributed by atoms with van der Waals surface area (Å²) in [4.78, 5) is 19.7. The van der Waals surface area contributed by atoms with Crippen molar-refractivity contribution in [3.8, 4) is 129 Å². The van der Waals surface area contributed by atoms with Crippen LogP contribution in [0.1, 0.15) is 52.0 Å². The van der Waals surface area contributed by atoms with Gasteiger partial charge in [-0.25, -0.2) is 13.6 Å². The van der Waals surface area contributed by atoms with Gasteiger partial charge in [0.25, 0.3) is 0 Å². The molecule has 4 heterocycles. The van der Waals surface area contributed by atoms with Gasteiger partial charge < -0.3 is 14.6 Å². The van der Waals surface area contributed by atoms with Crippen molar-refractivity contribution in [3.05, 3.63) is 225 Å². The lowest BCUT2D eigenvalue weighted by Crippen LogP contribution is -2.13. The summed E-state index contributed by atoms with van der Waals surface area (Å²) in [5.41, 5.74) is 22.8. The van der Waals surface area contributed by atoms with Crippen LogP contribution in [0.15, 0.2) is 175 Å². The maximum atomic E-state index is 13.4. The third-order valence-corrected chi connectivity index (χ3v) is 18.0. The van der Waals surface area contributed by atoms with Crippen molar-refractivity contribution >= 4 is 33.2 Å². The number of rotatable bonds is 14. The minimum Gasteiger partial charge on any atom is -0.506 e. The predicted octanol–water partition coefficient (Wildman–Crippen LogP) is 18.3. The minimum atomic E-state index is -4.44. The molecule has 0 aliphatic heterocycles. The van der Waals surface area contributed by atoms with Crippen molar-refractivity contribution in [2.45, 2.75) is 66.7 Å². The molecule has 10 nitrogen and oxygen atoms in total. The average molecular weight is 1190 g/mol. The van der Waals surface area contributed by atoms with E-state index in [2.05, 4.69) is 68.2 Å². The molecule has 0 amide bonds. The van der Waals surface area contributed by atoms with Crippen molar-refractivity contribution in [2.24, 2.45) is 5.14 Å². The van der Waals surface area contributed by atoms with Crippen LogP contribution < -0.4 is 14.6 Å². The number of pyridine rings is 4. The maximum Gasteiger partial charge on any atom is 0.241 e. The second kappa shape index (κ2) is 23.8. The molecule has 13 heteroatoms. The molecule has 11 aromatic rings. The first kappa shape index (κ1) is 58.8. The Balaban J connectivity index is 1.06. The van der Waals surface area contributed by atoms with Crippen molar-refractivity contribution in [2.75, 3.05) is 14.2 Å². The lowest BCUT2D eigenvalue weighted by molar-refractivity contribution is 0.413. The lowest BCUT2D eigenvalue weighted by atomic mass is 9.84. The quantitative estimate of drug-likeness (QED) is 0.108. The number of sulfonamides is 1. The molecule has 0 aliphatic rings. The summed E-state index contributed by atoms with van der Waals surface area (Å²) in [7, 11) is -1.11. The zero-order chi connectivity index (χ0) is 60.9. The molecule has 0 saturated carbocycles. The van der Waals surface area contributed by atoms with Crippen LogP contribution in [0.4, 0.5) is 0 Å². The van der Waals surface area contributed by atoms with Gasteiger partial charge in [0.1, 0.15) is 22.1 Å². The summed E-state index contributed by atoms with van der Waals surface area (Å²) in [6, 6.07) is 52.8. The van der Waals surface area contributed by atoms with Gasteiger partial charge in [-0.15, -0.1) is 0 Å². The number of methoxy groups -OCH3 is 2. The zero-order valence-corrected chi connectivity index (χ0v) is 51.8. The summed E-state index contributed by atoms with van der Waals surface area (Å²) in [5.74, 6) is 0.931. The molecular formula is C73H63Cl2N5O5S. The van der Waals surface area contributed by atoms with Gasteiger partial charge in [-0.2, -0.15) is 0 Å². The minimum absolute atomic E-state index is 0.251. The Kier molecular flexibility index (Phi) is 16.3. The Hall–Kier alpha value is -8.97. The molecule has 7 aromatic carbocycles. The number of nitrogens with zero attached hydrogens (tertiary/aromatic N) is 4. The molecular weight excluding hydrogens is 1130 g/mol. The smallest absolute Gasteiger partial charge is 0.241 e.